The summed E-state index contributed by atoms with van der Waals surface area (Å²) in [5.74, 6) is 0. The molecule has 0 aliphatic heterocycles. The van der Waals surface area contributed by atoms with Gasteiger partial charge in [0.25, 0.3) is 0 Å². The van der Waals surface area contributed by atoms with E-state index in [0.29, 0.717) is 5.28 Å². The SMILES string of the molecule is CCCn1cc(Br)c2cnc(Cl)nc21. The number of aryl methyl sites for hydroxylation is 1. The predicted octanol–water partition coefficient (Wildman–Crippen LogP) is 3.26. The fourth-order valence-electron chi connectivity index (χ4n) is 1.42. The zero-order valence-electron chi connectivity index (χ0n) is 7.67. The summed E-state index contributed by atoms with van der Waals surface area (Å²) in [6, 6.07) is 0. The van der Waals surface area contributed by atoms with Crippen LogP contribution in [0.5, 0.6) is 0 Å². The zero-order valence-corrected chi connectivity index (χ0v) is 10.0. The Hall–Kier alpha value is -0.610. The molecule has 0 aliphatic rings. The van der Waals surface area contributed by atoms with Gasteiger partial charge < -0.3 is 4.57 Å². The molecule has 0 atom stereocenters. The molecule has 0 bridgehead atoms. The Kier molecular flexibility index (Phi) is 2.74. The van der Waals surface area contributed by atoms with Crippen molar-refractivity contribution in [2.75, 3.05) is 0 Å². The van der Waals surface area contributed by atoms with Gasteiger partial charge in [-0.2, -0.15) is 4.98 Å². The fourth-order valence-corrected chi connectivity index (χ4v) is 2.07. The first kappa shape index (κ1) is 9.93. The third-order valence-corrected chi connectivity index (χ3v) is 2.82. The van der Waals surface area contributed by atoms with Crippen molar-refractivity contribution in [1.82, 2.24) is 14.5 Å². The monoisotopic (exact) mass is 273 g/mol. The van der Waals surface area contributed by atoms with Gasteiger partial charge in [0, 0.05) is 23.4 Å². The van der Waals surface area contributed by atoms with Crippen LogP contribution in [0.15, 0.2) is 16.9 Å². The number of rotatable bonds is 2. The molecule has 2 heterocycles. The molecular formula is C9H9BrClN3. The number of hydrogen-bond donors (Lipinski definition) is 0. The van der Waals surface area contributed by atoms with Crippen LogP contribution in [0.3, 0.4) is 0 Å². The fraction of sp³-hybridized carbons (Fsp3) is 0.333. The van der Waals surface area contributed by atoms with E-state index in [1.54, 1.807) is 6.20 Å². The molecule has 5 heteroatoms. The minimum atomic E-state index is 0.292. The van der Waals surface area contributed by atoms with Gasteiger partial charge in [-0.1, -0.05) is 6.92 Å². The Bertz CT molecular complexity index is 466. The van der Waals surface area contributed by atoms with E-state index in [4.69, 9.17) is 11.6 Å². The molecule has 14 heavy (non-hydrogen) atoms. The summed E-state index contributed by atoms with van der Waals surface area (Å²) in [5.41, 5.74) is 0.888. The van der Waals surface area contributed by atoms with E-state index in [9.17, 15) is 0 Å². The minimum absolute atomic E-state index is 0.292. The lowest BCUT2D eigenvalue weighted by molar-refractivity contribution is 0.696. The first-order valence-electron chi connectivity index (χ1n) is 4.39. The molecule has 2 aromatic rings. The first-order valence-corrected chi connectivity index (χ1v) is 5.56. The molecule has 2 aromatic heterocycles. The molecule has 0 fully saturated rings. The van der Waals surface area contributed by atoms with Gasteiger partial charge in [-0.15, -0.1) is 0 Å². The summed E-state index contributed by atoms with van der Waals surface area (Å²) < 4.78 is 3.09. The predicted molar refractivity (Wildman–Crippen MR) is 60.5 cm³/mol. The van der Waals surface area contributed by atoms with Gasteiger partial charge >= 0.3 is 0 Å². The lowest BCUT2D eigenvalue weighted by Crippen LogP contribution is -1.96. The summed E-state index contributed by atoms with van der Waals surface area (Å²) in [7, 11) is 0. The van der Waals surface area contributed by atoms with Crippen LogP contribution in [0.4, 0.5) is 0 Å². The summed E-state index contributed by atoms with van der Waals surface area (Å²) in [6.45, 7) is 3.07. The van der Waals surface area contributed by atoms with Gasteiger partial charge in [-0.25, -0.2) is 4.98 Å². The summed E-state index contributed by atoms with van der Waals surface area (Å²) >= 11 is 9.22. The lowest BCUT2D eigenvalue weighted by Gasteiger charge is -2.00. The smallest absolute Gasteiger partial charge is 0.224 e. The lowest BCUT2D eigenvalue weighted by atomic mass is 10.4. The number of fused-ring (bicyclic) bond motifs is 1. The summed E-state index contributed by atoms with van der Waals surface area (Å²) in [5, 5.41) is 1.29. The van der Waals surface area contributed by atoms with Gasteiger partial charge in [0.05, 0.1) is 5.39 Å². The molecule has 0 radical (unpaired) electrons. The average molecular weight is 275 g/mol. The third kappa shape index (κ3) is 1.64. The normalized spacial score (nSPS) is 11.1. The molecule has 0 unspecified atom stereocenters. The van der Waals surface area contributed by atoms with Crippen LogP contribution in [0.1, 0.15) is 13.3 Å². The van der Waals surface area contributed by atoms with Crippen molar-refractivity contribution in [3.05, 3.63) is 22.1 Å². The molecule has 0 saturated heterocycles. The zero-order chi connectivity index (χ0) is 10.1. The van der Waals surface area contributed by atoms with Crippen LogP contribution in [0, 0.1) is 0 Å². The van der Waals surface area contributed by atoms with Gasteiger partial charge in [-0.05, 0) is 34.0 Å². The molecule has 0 amide bonds. The molecule has 0 N–H and O–H groups in total. The molecule has 0 saturated carbocycles. The van der Waals surface area contributed by atoms with Crippen molar-refractivity contribution in [1.29, 1.82) is 0 Å². The van der Waals surface area contributed by atoms with E-state index in [2.05, 4.69) is 37.4 Å². The molecular weight excluding hydrogens is 265 g/mol. The Labute approximate surface area is 95.2 Å². The Morgan fingerprint density at radius 2 is 2.36 bits per heavy atom. The largest absolute Gasteiger partial charge is 0.331 e. The minimum Gasteiger partial charge on any atom is -0.331 e. The highest BCUT2D eigenvalue weighted by Gasteiger charge is 2.08. The van der Waals surface area contributed by atoms with E-state index in [0.717, 1.165) is 28.5 Å². The van der Waals surface area contributed by atoms with E-state index < -0.39 is 0 Å². The standard InChI is InChI=1S/C9H9BrClN3/c1-2-3-14-5-7(10)6-4-12-9(11)13-8(6)14/h4-5H,2-3H2,1H3. The molecule has 0 aliphatic carbocycles. The van der Waals surface area contributed by atoms with Crippen LogP contribution >= 0.6 is 27.5 Å². The van der Waals surface area contributed by atoms with Crippen molar-refractivity contribution in [2.45, 2.75) is 19.9 Å². The van der Waals surface area contributed by atoms with Gasteiger partial charge in [0.15, 0.2) is 0 Å². The van der Waals surface area contributed by atoms with Gasteiger partial charge in [0.2, 0.25) is 5.28 Å². The number of nitrogens with zero attached hydrogens (tertiary/aromatic N) is 3. The van der Waals surface area contributed by atoms with Crippen molar-refractivity contribution in [3.8, 4) is 0 Å². The van der Waals surface area contributed by atoms with Gasteiger partial charge in [0.1, 0.15) is 5.65 Å². The van der Waals surface area contributed by atoms with Crippen LogP contribution < -0.4 is 0 Å². The molecule has 0 aromatic carbocycles. The van der Waals surface area contributed by atoms with Crippen molar-refractivity contribution < 1.29 is 0 Å². The molecule has 3 nitrogen and oxygen atoms in total. The van der Waals surface area contributed by atoms with Crippen molar-refractivity contribution in [3.63, 3.8) is 0 Å². The first-order chi connectivity index (χ1) is 6.72. The third-order valence-electron chi connectivity index (χ3n) is 2.00. The quantitative estimate of drug-likeness (QED) is 0.787. The maximum Gasteiger partial charge on any atom is 0.224 e. The second-order valence-electron chi connectivity index (χ2n) is 3.05. The van der Waals surface area contributed by atoms with Crippen LogP contribution in [-0.2, 0) is 6.54 Å². The maximum absolute atomic E-state index is 5.75. The Morgan fingerprint density at radius 1 is 1.57 bits per heavy atom. The van der Waals surface area contributed by atoms with Crippen molar-refractivity contribution in [2.24, 2.45) is 0 Å². The van der Waals surface area contributed by atoms with Crippen LogP contribution in [-0.4, -0.2) is 14.5 Å². The highest BCUT2D eigenvalue weighted by Crippen LogP contribution is 2.25. The Morgan fingerprint density at radius 3 is 3.07 bits per heavy atom. The summed E-state index contributed by atoms with van der Waals surface area (Å²) in [4.78, 5) is 8.15. The second-order valence-corrected chi connectivity index (χ2v) is 4.24. The second kappa shape index (κ2) is 3.87. The van der Waals surface area contributed by atoms with Crippen LogP contribution in [0.2, 0.25) is 5.28 Å². The van der Waals surface area contributed by atoms with Crippen LogP contribution in [0.25, 0.3) is 11.0 Å². The van der Waals surface area contributed by atoms with Gasteiger partial charge in [-0.3, -0.25) is 0 Å². The topological polar surface area (TPSA) is 30.7 Å². The highest BCUT2D eigenvalue weighted by molar-refractivity contribution is 9.10. The molecule has 74 valence electrons. The number of aromatic nitrogens is 3. The molecule has 2 rings (SSSR count). The van der Waals surface area contributed by atoms with E-state index in [1.807, 2.05) is 6.20 Å². The summed E-state index contributed by atoms with van der Waals surface area (Å²) in [6.07, 6.45) is 4.82. The number of hydrogen-bond acceptors (Lipinski definition) is 2. The van der Waals surface area contributed by atoms with Crippen molar-refractivity contribution >= 4 is 38.6 Å². The maximum atomic E-state index is 5.75. The van der Waals surface area contributed by atoms with E-state index in [-0.39, 0.29) is 0 Å². The average Bonchev–Trinajstić information content (AvgIpc) is 2.44. The van der Waals surface area contributed by atoms with E-state index >= 15 is 0 Å². The Balaban J connectivity index is 2.66. The highest BCUT2D eigenvalue weighted by atomic mass is 79.9. The van der Waals surface area contributed by atoms with E-state index in [1.165, 1.54) is 0 Å². The number of halogens is 2. The molecule has 0 spiro atoms.